The maximum absolute atomic E-state index is 11.6. The highest BCUT2D eigenvalue weighted by Gasteiger charge is 2.06. The topological polar surface area (TPSA) is 51.2 Å². The standard InChI is InChI=1S/C13H11BrN2O2/c1-9-8-15-12(7-11(9)14)16-13(17)18-10-5-3-2-4-6-10/h2-8H,1H3,(H,15,16,17). The molecule has 0 bridgehead atoms. The Hall–Kier alpha value is -1.88. The predicted octanol–water partition coefficient (Wildman–Crippen LogP) is 3.76. The molecule has 0 spiro atoms. The van der Waals surface area contributed by atoms with E-state index in [9.17, 15) is 4.79 Å². The first-order valence-electron chi connectivity index (χ1n) is 5.31. The summed E-state index contributed by atoms with van der Waals surface area (Å²) in [7, 11) is 0. The molecule has 92 valence electrons. The second kappa shape index (κ2) is 5.64. The van der Waals surface area contributed by atoms with Crippen molar-refractivity contribution in [3.63, 3.8) is 0 Å². The van der Waals surface area contributed by atoms with E-state index in [1.807, 2.05) is 13.0 Å². The number of hydrogen-bond donors (Lipinski definition) is 1. The Morgan fingerprint density at radius 3 is 2.72 bits per heavy atom. The molecule has 4 nitrogen and oxygen atoms in total. The van der Waals surface area contributed by atoms with Crippen molar-refractivity contribution in [1.82, 2.24) is 4.98 Å². The predicted molar refractivity (Wildman–Crippen MR) is 72.8 cm³/mol. The van der Waals surface area contributed by atoms with Crippen LogP contribution in [0.25, 0.3) is 0 Å². The van der Waals surface area contributed by atoms with Crippen molar-refractivity contribution >= 4 is 27.8 Å². The molecule has 18 heavy (non-hydrogen) atoms. The van der Waals surface area contributed by atoms with Gasteiger partial charge >= 0.3 is 6.09 Å². The molecule has 0 fully saturated rings. The molecule has 1 aromatic carbocycles. The van der Waals surface area contributed by atoms with E-state index in [1.54, 1.807) is 36.5 Å². The zero-order chi connectivity index (χ0) is 13.0. The number of amides is 1. The Balaban J connectivity index is 2.01. The number of halogens is 1. The van der Waals surface area contributed by atoms with Gasteiger partial charge in [0.05, 0.1) is 0 Å². The second-order valence-corrected chi connectivity index (χ2v) is 4.50. The number of para-hydroxylation sites is 1. The number of ether oxygens (including phenoxy) is 1. The van der Waals surface area contributed by atoms with Crippen LogP contribution < -0.4 is 10.1 Å². The number of carbonyl (C=O) groups excluding carboxylic acids is 1. The normalized spacial score (nSPS) is 9.89. The summed E-state index contributed by atoms with van der Waals surface area (Å²) in [6.07, 6.45) is 1.10. The molecule has 5 heteroatoms. The number of hydrogen-bond acceptors (Lipinski definition) is 3. The lowest BCUT2D eigenvalue weighted by Crippen LogP contribution is -2.17. The Labute approximate surface area is 113 Å². The lowest BCUT2D eigenvalue weighted by Gasteiger charge is -2.06. The van der Waals surface area contributed by atoms with E-state index in [1.165, 1.54) is 0 Å². The van der Waals surface area contributed by atoms with Crippen LogP contribution in [-0.4, -0.2) is 11.1 Å². The Bertz CT molecular complexity index is 558. The summed E-state index contributed by atoms with van der Waals surface area (Å²) >= 11 is 3.37. The third-order valence-corrected chi connectivity index (χ3v) is 3.08. The molecule has 1 amide bonds. The number of anilines is 1. The van der Waals surface area contributed by atoms with Gasteiger partial charge in [0.2, 0.25) is 0 Å². The van der Waals surface area contributed by atoms with Crippen molar-refractivity contribution in [2.24, 2.45) is 0 Å². The van der Waals surface area contributed by atoms with Crippen LogP contribution in [0.3, 0.4) is 0 Å². The number of nitrogens with one attached hydrogen (secondary N) is 1. The molecule has 1 heterocycles. The van der Waals surface area contributed by atoms with E-state index in [4.69, 9.17) is 4.74 Å². The highest BCUT2D eigenvalue weighted by molar-refractivity contribution is 9.10. The van der Waals surface area contributed by atoms with Crippen LogP contribution in [0.2, 0.25) is 0 Å². The van der Waals surface area contributed by atoms with Crippen molar-refractivity contribution in [3.05, 3.63) is 52.6 Å². The van der Waals surface area contributed by atoms with Crippen LogP contribution in [-0.2, 0) is 0 Å². The van der Waals surface area contributed by atoms with Gasteiger partial charge < -0.3 is 4.74 Å². The lowest BCUT2D eigenvalue weighted by molar-refractivity contribution is 0.215. The van der Waals surface area contributed by atoms with Gasteiger partial charge in [0, 0.05) is 10.7 Å². The zero-order valence-corrected chi connectivity index (χ0v) is 11.3. The minimum absolute atomic E-state index is 0.438. The molecular formula is C13H11BrN2O2. The number of carbonyl (C=O) groups is 1. The van der Waals surface area contributed by atoms with Gasteiger partial charge in [-0.05, 0) is 30.7 Å². The number of aromatic nitrogens is 1. The van der Waals surface area contributed by atoms with Gasteiger partial charge in [0.15, 0.2) is 0 Å². The summed E-state index contributed by atoms with van der Waals surface area (Å²) in [5, 5.41) is 2.56. The minimum atomic E-state index is -0.565. The van der Waals surface area contributed by atoms with Crippen molar-refractivity contribution in [2.45, 2.75) is 6.92 Å². The highest BCUT2D eigenvalue weighted by atomic mass is 79.9. The maximum Gasteiger partial charge on any atom is 0.418 e. The average Bonchev–Trinajstić information content (AvgIpc) is 2.35. The average molecular weight is 307 g/mol. The summed E-state index contributed by atoms with van der Waals surface area (Å²) in [6.45, 7) is 1.92. The van der Waals surface area contributed by atoms with Gasteiger partial charge in [-0.1, -0.05) is 34.1 Å². The fourth-order valence-corrected chi connectivity index (χ4v) is 1.61. The Morgan fingerprint density at radius 2 is 2.06 bits per heavy atom. The zero-order valence-electron chi connectivity index (χ0n) is 9.68. The first kappa shape index (κ1) is 12.6. The van der Waals surface area contributed by atoms with Gasteiger partial charge in [-0.25, -0.2) is 9.78 Å². The Morgan fingerprint density at radius 1 is 1.33 bits per heavy atom. The molecule has 0 aliphatic rings. The molecule has 1 aromatic heterocycles. The van der Waals surface area contributed by atoms with Gasteiger partial charge in [-0.2, -0.15) is 0 Å². The molecule has 0 unspecified atom stereocenters. The first-order chi connectivity index (χ1) is 8.65. The largest absolute Gasteiger partial charge is 0.418 e. The third-order valence-electron chi connectivity index (χ3n) is 2.22. The minimum Gasteiger partial charge on any atom is -0.410 e. The molecule has 0 aliphatic carbocycles. The molecule has 0 radical (unpaired) electrons. The Kier molecular flexibility index (Phi) is 3.94. The monoisotopic (exact) mass is 306 g/mol. The van der Waals surface area contributed by atoms with E-state index in [0.29, 0.717) is 11.6 Å². The summed E-state index contributed by atoms with van der Waals surface area (Å²) in [6, 6.07) is 10.6. The van der Waals surface area contributed by atoms with E-state index in [0.717, 1.165) is 10.0 Å². The highest BCUT2D eigenvalue weighted by Crippen LogP contribution is 2.18. The molecule has 0 aliphatic heterocycles. The molecule has 1 N–H and O–H groups in total. The first-order valence-corrected chi connectivity index (χ1v) is 6.10. The number of nitrogens with zero attached hydrogens (tertiary/aromatic N) is 1. The molecule has 2 aromatic rings. The van der Waals surface area contributed by atoms with E-state index in [-0.39, 0.29) is 0 Å². The number of benzene rings is 1. The summed E-state index contributed by atoms with van der Waals surface area (Å²) < 4.78 is 5.97. The van der Waals surface area contributed by atoms with Crippen LogP contribution in [0.5, 0.6) is 5.75 Å². The fourth-order valence-electron chi connectivity index (χ4n) is 1.29. The van der Waals surface area contributed by atoms with Gasteiger partial charge in [-0.3, -0.25) is 5.32 Å². The van der Waals surface area contributed by atoms with Crippen molar-refractivity contribution in [3.8, 4) is 5.75 Å². The van der Waals surface area contributed by atoms with Crippen molar-refractivity contribution < 1.29 is 9.53 Å². The maximum atomic E-state index is 11.6. The fraction of sp³-hybridized carbons (Fsp3) is 0.0769. The van der Waals surface area contributed by atoms with Crippen LogP contribution >= 0.6 is 15.9 Å². The smallest absolute Gasteiger partial charge is 0.410 e. The van der Waals surface area contributed by atoms with Gasteiger partial charge in [0.1, 0.15) is 11.6 Å². The number of aryl methyl sites for hydroxylation is 1. The van der Waals surface area contributed by atoms with Crippen molar-refractivity contribution in [2.75, 3.05) is 5.32 Å². The van der Waals surface area contributed by atoms with E-state index < -0.39 is 6.09 Å². The lowest BCUT2D eigenvalue weighted by atomic mass is 10.3. The van der Waals surface area contributed by atoms with Gasteiger partial charge in [0.25, 0.3) is 0 Å². The molecule has 2 rings (SSSR count). The van der Waals surface area contributed by atoms with E-state index in [2.05, 4.69) is 26.2 Å². The molecule has 0 saturated heterocycles. The summed E-state index contributed by atoms with van der Waals surface area (Å²) in [5.74, 6) is 0.926. The van der Waals surface area contributed by atoms with E-state index >= 15 is 0 Å². The van der Waals surface area contributed by atoms with Crippen molar-refractivity contribution in [1.29, 1.82) is 0 Å². The van der Waals surface area contributed by atoms with Crippen LogP contribution in [0, 0.1) is 6.92 Å². The molecule has 0 atom stereocenters. The summed E-state index contributed by atoms with van der Waals surface area (Å²) in [5.41, 5.74) is 0.997. The van der Waals surface area contributed by atoms with Gasteiger partial charge in [-0.15, -0.1) is 0 Å². The SMILES string of the molecule is Cc1cnc(NC(=O)Oc2ccccc2)cc1Br. The summed E-state index contributed by atoms with van der Waals surface area (Å²) in [4.78, 5) is 15.7. The number of pyridine rings is 1. The van der Waals surface area contributed by atoms with Crippen LogP contribution in [0.15, 0.2) is 47.1 Å². The molecule has 0 saturated carbocycles. The number of rotatable bonds is 2. The third kappa shape index (κ3) is 3.30. The quantitative estimate of drug-likeness (QED) is 0.919. The second-order valence-electron chi connectivity index (χ2n) is 3.65. The van der Waals surface area contributed by atoms with Crippen LogP contribution in [0.4, 0.5) is 10.6 Å². The molecular weight excluding hydrogens is 296 g/mol. The van der Waals surface area contributed by atoms with Crippen LogP contribution in [0.1, 0.15) is 5.56 Å².